The molecule has 20 heavy (non-hydrogen) atoms. The van der Waals surface area contributed by atoms with E-state index in [1.165, 1.54) is 5.56 Å². The molecule has 3 heteroatoms. The minimum atomic E-state index is 0.0837. The van der Waals surface area contributed by atoms with E-state index in [-0.39, 0.29) is 12.0 Å². The van der Waals surface area contributed by atoms with E-state index in [1.54, 1.807) is 0 Å². The highest BCUT2D eigenvalue weighted by Crippen LogP contribution is 2.26. The van der Waals surface area contributed by atoms with Crippen LogP contribution in [0.5, 0.6) is 11.6 Å². The van der Waals surface area contributed by atoms with Crippen LogP contribution in [0.2, 0.25) is 0 Å². The van der Waals surface area contributed by atoms with Crippen LogP contribution < -0.4 is 4.74 Å². The molecule has 106 valence electrons. The van der Waals surface area contributed by atoms with E-state index in [1.807, 2.05) is 42.6 Å². The quantitative estimate of drug-likeness (QED) is 0.921. The van der Waals surface area contributed by atoms with Crippen LogP contribution in [0.3, 0.4) is 0 Å². The first-order valence-electron chi connectivity index (χ1n) is 6.84. The zero-order valence-corrected chi connectivity index (χ0v) is 12.3. The molecular formula is C17H21NO2. The monoisotopic (exact) mass is 271 g/mol. The van der Waals surface area contributed by atoms with Crippen LogP contribution in [0, 0.1) is 0 Å². The molecule has 0 saturated heterocycles. The number of nitrogens with zero attached hydrogens (tertiary/aromatic N) is 1. The van der Waals surface area contributed by atoms with Crippen LogP contribution in [-0.2, 0) is 11.8 Å². The molecule has 0 radical (unpaired) electrons. The van der Waals surface area contributed by atoms with Crippen molar-refractivity contribution in [2.45, 2.75) is 32.6 Å². The van der Waals surface area contributed by atoms with Crippen LogP contribution >= 0.6 is 0 Å². The fourth-order valence-corrected chi connectivity index (χ4v) is 1.93. The van der Waals surface area contributed by atoms with Crippen molar-refractivity contribution in [3.05, 3.63) is 53.7 Å². The van der Waals surface area contributed by atoms with Crippen LogP contribution in [0.1, 0.15) is 31.9 Å². The summed E-state index contributed by atoms with van der Waals surface area (Å²) in [5, 5.41) is 9.06. The lowest BCUT2D eigenvalue weighted by atomic mass is 9.88. The molecule has 0 unspecified atom stereocenters. The maximum atomic E-state index is 9.06. The van der Waals surface area contributed by atoms with E-state index in [4.69, 9.17) is 9.84 Å². The average molecular weight is 271 g/mol. The fraction of sp³-hybridized carbons (Fsp3) is 0.353. The van der Waals surface area contributed by atoms with Gasteiger partial charge in [-0.25, -0.2) is 4.98 Å². The maximum absolute atomic E-state index is 9.06. The summed E-state index contributed by atoms with van der Waals surface area (Å²) in [6.07, 6.45) is 2.43. The van der Waals surface area contributed by atoms with Crippen LogP contribution in [0.4, 0.5) is 0 Å². The van der Waals surface area contributed by atoms with Crippen LogP contribution in [0.15, 0.2) is 42.6 Å². The Morgan fingerprint density at radius 2 is 1.85 bits per heavy atom. The second-order valence-electron chi connectivity index (χ2n) is 5.82. The molecule has 0 aliphatic rings. The molecule has 0 fully saturated rings. The number of para-hydroxylation sites is 1. The molecule has 1 N–H and O–H groups in total. The maximum Gasteiger partial charge on any atom is 0.219 e. The third kappa shape index (κ3) is 3.58. The Labute approximate surface area is 120 Å². The van der Waals surface area contributed by atoms with Crippen molar-refractivity contribution in [1.29, 1.82) is 0 Å². The van der Waals surface area contributed by atoms with E-state index in [0.29, 0.717) is 12.3 Å². The minimum Gasteiger partial charge on any atom is -0.439 e. The number of ether oxygens (including phenoxy) is 1. The van der Waals surface area contributed by atoms with Gasteiger partial charge in [0.2, 0.25) is 5.88 Å². The Morgan fingerprint density at radius 3 is 2.45 bits per heavy atom. The first kappa shape index (κ1) is 14.5. The van der Waals surface area contributed by atoms with Crippen molar-refractivity contribution in [1.82, 2.24) is 4.98 Å². The van der Waals surface area contributed by atoms with Gasteiger partial charge < -0.3 is 9.84 Å². The first-order valence-corrected chi connectivity index (χ1v) is 6.84. The molecule has 2 rings (SSSR count). The Hall–Kier alpha value is -1.87. The molecule has 1 aromatic heterocycles. The highest BCUT2D eigenvalue weighted by atomic mass is 16.5. The number of hydrogen-bond acceptors (Lipinski definition) is 3. The second kappa shape index (κ2) is 6.06. The fourth-order valence-electron chi connectivity index (χ4n) is 1.93. The van der Waals surface area contributed by atoms with Crippen LogP contribution in [-0.4, -0.2) is 16.7 Å². The van der Waals surface area contributed by atoms with Gasteiger partial charge in [0.25, 0.3) is 0 Å². The Morgan fingerprint density at radius 1 is 1.10 bits per heavy atom. The molecule has 0 amide bonds. The van der Waals surface area contributed by atoms with Crippen molar-refractivity contribution in [3.63, 3.8) is 0 Å². The van der Waals surface area contributed by atoms with Crippen molar-refractivity contribution < 1.29 is 9.84 Å². The van der Waals surface area contributed by atoms with Gasteiger partial charge in [0.05, 0.1) is 0 Å². The van der Waals surface area contributed by atoms with Crippen molar-refractivity contribution in [2.75, 3.05) is 6.61 Å². The summed E-state index contributed by atoms with van der Waals surface area (Å²) in [5.41, 5.74) is 2.24. The van der Waals surface area contributed by atoms with Gasteiger partial charge in [-0.05, 0) is 29.0 Å². The summed E-state index contributed by atoms with van der Waals surface area (Å²) < 4.78 is 5.81. The summed E-state index contributed by atoms with van der Waals surface area (Å²) in [4.78, 5) is 4.36. The van der Waals surface area contributed by atoms with Crippen molar-refractivity contribution in [2.24, 2.45) is 0 Å². The van der Waals surface area contributed by atoms with Gasteiger partial charge in [0, 0.05) is 18.9 Å². The predicted molar refractivity (Wildman–Crippen MR) is 80.2 cm³/mol. The van der Waals surface area contributed by atoms with E-state index in [0.717, 1.165) is 11.3 Å². The molecule has 0 aliphatic carbocycles. The highest BCUT2D eigenvalue weighted by Gasteiger charge is 2.14. The lowest BCUT2D eigenvalue weighted by Crippen LogP contribution is -2.11. The number of aliphatic hydroxyl groups is 1. The number of aromatic nitrogens is 1. The first-order chi connectivity index (χ1) is 9.50. The molecule has 1 aromatic carbocycles. The predicted octanol–water partition coefficient (Wildman–Crippen LogP) is 3.71. The largest absolute Gasteiger partial charge is 0.439 e. The molecule has 2 aromatic rings. The highest BCUT2D eigenvalue weighted by molar-refractivity contribution is 5.36. The molecule has 0 saturated carbocycles. The van der Waals surface area contributed by atoms with Crippen molar-refractivity contribution >= 4 is 0 Å². The molecule has 0 aliphatic heterocycles. The zero-order chi connectivity index (χ0) is 14.6. The Balaban J connectivity index is 2.18. The van der Waals surface area contributed by atoms with E-state index < -0.39 is 0 Å². The number of rotatable bonds is 4. The van der Waals surface area contributed by atoms with Gasteiger partial charge in [0.1, 0.15) is 5.75 Å². The summed E-state index contributed by atoms with van der Waals surface area (Å²) in [5.74, 6) is 1.32. The van der Waals surface area contributed by atoms with Gasteiger partial charge in [-0.1, -0.05) is 45.0 Å². The topological polar surface area (TPSA) is 42.4 Å². The van der Waals surface area contributed by atoms with Gasteiger partial charge in [-0.2, -0.15) is 0 Å². The number of hydrogen-bond donors (Lipinski definition) is 1. The lowest BCUT2D eigenvalue weighted by Gasteiger charge is -2.18. The third-order valence-corrected chi connectivity index (χ3v) is 3.17. The molecule has 0 spiro atoms. The molecule has 3 nitrogen and oxygen atoms in total. The Kier molecular flexibility index (Phi) is 4.40. The van der Waals surface area contributed by atoms with Gasteiger partial charge >= 0.3 is 0 Å². The van der Waals surface area contributed by atoms with Crippen molar-refractivity contribution in [3.8, 4) is 11.6 Å². The zero-order valence-electron chi connectivity index (χ0n) is 12.3. The standard InChI is InChI=1S/C17H21NO2/c1-17(2,3)14-8-9-16(18-12-14)20-15-7-5-4-6-13(15)10-11-19/h4-9,12,19H,10-11H2,1-3H3. The molecule has 1 heterocycles. The average Bonchev–Trinajstić information content (AvgIpc) is 2.41. The normalized spacial score (nSPS) is 11.4. The number of aliphatic hydroxyl groups excluding tert-OH is 1. The molecule has 0 bridgehead atoms. The minimum absolute atomic E-state index is 0.0837. The molecular weight excluding hydrogens is 250 g/mol. The summed E-state index contributed by atoms with van der Waals surface area (Å²) in [7, 11) is 0. The van der Waals surface area contributed by atoms with Gasteiger partial charge in [0.15, 0.2) is 0 Å². The molecule has 0 atom stereocenters. The summed E-state index contributed by atoms with van der Waals surface area (Å²) in [6.45, 7) is 6.57. The van der Waals surface area contributed by atoms with Gasteiger partial charge in [-0.3, -0.25) is 0 Å². The summed E-state index contributed by atoms with van der Waals surface area (Å²) in [6, 6.07) is 11.6. The Bertz CT molecular complexity index is 556. The van der Waals surface area contributed by atoms with Crippen LogP contribution in [0.25, 0.3) is 0 Å². The van der Waals surface area contributed by atoms with Gasteiger partial charge in [-0.15, -0.1) is 0 Å². The van der Waals surface area contributed by atoms with E-state index >= 15 is 0 Å². The van der Waals surface area contributed by atoms with E-state index in [9.17, 15) is 0 Å². The van der Waals surface area contributed by atoms with E-state index in [2.05, 4.69) is 25.8 Å². The number of benzene rings is 1. The third-order valence-electron chi connectivity index (χ3n) is 3.17. The summed E-state index contributed by atoms with van der Waals surface area (Å²) >= 11 is 0. The second-order valence-corrected chi connectivity index (χ2v) is 5.82. The number of pyridine rings is 1. The smallest absolute Gasteiger partial charge is 0.219 e. The lowest BCUT2D eigenvalue weighted by molar-refractivity contribution is 0.297. The SMILES string of the molecule is CC(C)(C)c1ccc(Oc2ccccc2CCO)nc1.